The van der Waals surface area contributed by atoms with Crippen molar-refractivity contribution >= 4 is 0 Å². The minimum Gasteiger partial charge on any atom is -0.206 e. The standard InChI is InChI=1S/C25H25F/c1-3-5-6-7-20-10-12-21(13-11-20)23-16-17-24(25(26)18-23)22-14-8-19(4-2)9-15-22/h3,5,8-18H,4,6-7H2,1-2H3/b5-3+. The fraction of sp³-hybridized carbons (Fsp3) is 0.200. The van der Waals surface area contributed by atoms with Gasteiger partial charge in [0.15, 0.2) is 0 Å². The molecule has 0 N–H and O–H groups in total. The second kappa shape index (κ2) is 8.62. The van der Waals surface area contributed by atoms with Crippen LogP contribution in [0.1, 0.15) is 31.4 Å². The number of allylic oxidation sites excluding steroid dienone is 2. The monoisotopic (exact) mass is 344 g/mol. The number of hydrogen-bond donors (Lipinski definition) is 0. The quantitative estimate of drug-likeness (QED) is 0.414. The van der Waals surface area contributed by atoms with E-state index in [-0.39, 0.29) is 5.82 Å². The van der Waals surface area contributed by atoms with Crippen molar-refractivity contribution in [1.82, 2.24) is 0 Å². The average molecular weight is 344 g/mol. The van der Waals surface area contributed by atoms with Gasteiger partial charge in [-0.25, -0.2) is 4.39 Å². The highest BCUT2D eigenvalue weighted by Crippen LogP contribution is 2.28. The zero-order valence-corrected chi connectivity index (χ0v) is 15.5. The molecule has 0 aliphatic rings. The van der Waals surface area contributed by atoms with E-state index in [1.807, 2.05) is 31.2 Å². The smallest absolute Gasteiger partial charge is 0.131 e. The highest BCUT2D eigenvalue weighted by atomic mass is 19.1. The largest absolute Gasteiger partial charge is 0.206 e. The molecule has 0 atom stereocenters. The maximum absolute atomic E-state index is 14.7. The molecule has 0 unspecified atom stereocenters. The molecule has 0 aliphatic heterocycles. The average Bonchev–Trinajstić information content (AvgIpc) is 2.69. The van der Waals surface area contributed by atoms with Gasteiger partial charge in [-0.2, -0.15) is 0 Å². The van der Waals surface area contributed by atoms with E-state index in [1.165, 1.54) is 11.1 Å². The van der Waals surface area contributed by atoms with Gasteiger partial charge in [0.05, 0.1) is 0 Å². The highest BCUT2D eigenvalue weighted by molar-refractivity contribution is 5.71. The Kier molecular flexibility index (Phi) is 6.01. The zero-order chi connectivity index (χ0) is 18.4. The lowest BCUT2D eigenvalue weighted by atomic mass is 9.97. The van der Waals surface area contributed by atoms with E-state index in [0.29, 0.717) is 5.56 Å². The van der Waals surface area contributed by atoms with Crippen molar-refractivity contribution < 1.29 is 4.39 Å². The number of hydrogen-bond acceptors (Lipinski definition) is 0. The molecular formula is C25H25F. The predicted octanol–water partition coefficient (Wildman–Crippen LogP) is 7.23. The van der Waals surface area contributed by atoms with E-state index in [2.05, 4.69) is 55.5 Å². The summed E-state index contributed by atoms with van der Waals surface area (Å²) in [4.78, 5) is 0. The third-order valence-electron chi connectivity index (χ3n) is 4.76. The topological polar surface area (TPSA) is 0 Å². The van der Waals surface area contributed by atoms with Crippen molar-refractivity contribution in [2.45, 2.75) is 33.1 Å². The molecule has 0 aliphatic carbocycles. The van der Waals surface area contributed by atoms with Crippen LogP contribution in [0.4, 0.5) is 4.39 Å². The Morgan fingerprint density at radius 1 is 0.769 bits per heavy atom. The molecule has 0 radical (unpaired) electrons. The van der Waals surface area contributed by atoms with E-state index >= 15 is 0 Å². The maximum atomic E-state index is 14.7. The molecule has 0 saturated carbocycles. The van der Waals surface area contributed by atoms with Crippen molar-refractivity contribution in [3.63, 3.8) is 0 Å². The van der Waals surface area contributed by atoms with Crippen LogP contribution in [0.5, 0.6) is 0 Å². The summed E-state index contributed by atoms with van der Waals surface area (Å²) in [6, 6.07) is 22.1. The van der Waals surface area contributed by atoms with Gasteiger partial charge in [0.2, 0.25) is 0 Å². The van der Waals surface area contributed by atoms with Gasteiger partial charge in [0.1, 0.15) is 5.82 Å². The SMILES string of the molecule is C/C=C/CCc1ccc(-c2ccc(-c3ccc(CC)cc3)c(F)c2)cc1. The molecule has 0 spiro atoms. The number of rotatable bonds is 6. The maximum Gasteiger partial charge on any atom is 0.131 e. The lowest BCUT2D eigenvalue weighted by molar-refractivity contribution is 0.632. The fourth-order valence-corrected chi connectivity index (χ4v) is 3.13. The molecule has 0 aromatic heterocycles. The lowest BCUT2D eigenvalue weighted by Gasteiger charge is -2.08. The predicted molar refractivity (Wildman–Crippen MR) is 110 cm³/mol. The third kappa shape index (κ3) is 4.29. The molecule has 0 nitrogen and oxygen atoms in total. The van der Waals surface area contributed by atoms with Crippen LogP contribution in [0, 0.1) is 5.82 Å². The van der Waals surface area contributed by atoms with Crippen LogP contribution < -0.4 is 0 Å². The van der Waals surface area contributed by atoms with Gasteiger partial charge < -0.3 is 0 Å². The van der Waals surface area contributed by atoms with Gasteiger partial charge >= 0.3 is 0 Å². The summed E-state index contributed by atoms with van der Waals surface area (Å²) in [5, 5.41) is 0. The van der Waals surface area contributed by atoms with E-state index in [4.69, 9.17) is 0 Å². The molecule has 0 bridgehead atoms. The van der Waals surface area contributed by atoms with E-state index in [1.54, 1.807) is 6.07 Å². The van der Waals surface area contributed by atoms with Crippen LogP contribution in [0.25, 0.3) is 22.3 Å². The molecule has 0 saturated heterocycles. The summed E-state index contributed by atoms with van der Waals surface area (Å²) >= 11 is 0. The summed E-state index contributed by atoms with van der Waals surface area (Å²) in [5.41, 5.74) is 6.10. The molecule has 1 heteroatoms. The molecule has 3 rings (SSSR count). The van der Waals surface area contributed by atoms with Crippen LogP contribution in [0.3, 0.4) is 0 Å². The number of aryl methyl sites for hydroxylation is 2. The van der Waals surface area contributed by atoms with Crippen LogP contribution in [-0.2, 0) is 12.8 Å². The lowest BCUT2D eigenvalue weighted by Crippen LogP contribution is -1.88. The Labute approximate surface area is 156 Å². The Bertz CT molecular complexity index is 871. The van der Waals surface area contributed by atoms with Crippen LogP contribution in [-0.4, -0.2) is 0 Å². The third-order valence-corrected chi connectivity index (χ3v) is 4.76. The Balaban J connectivity index is 1.80. The van der Waals surface area contributed by atoms with Crippen molar-refractivity contribution in [1.29, 1.82) is 0 Å². The van der Waals surface area contributed by atoms with E-state index in [9.17, 15) is 4.39 Å². The molecule has 0 heterocycles. The van der Waals surface area contributed by atoms with Gasteiger partial charge in [-0.15, -0.1) is 0 Å². The molecule has 0 amide bonds. The first kappa shape index (κ1) is 18.1. The van der Waals surface area contributed by atoms with Gasteiger partial charge in [0.25, 0.3) is 0 Å². The van der Waals surface area contributed by atoms with Gasteiger partial charge in [-0.1, -0.05) is 79.7 Å². The Hall–Kier alpha value is -2.67. The fourth-order valence-electron chi connectivity index (χ4n) is 3.13. The van der Waals surface area contributed by atoms with E-state index in [0.717, 1.165) is 36.0 Å². The van der Waals surface area contributed by atoms with Gasteiger partial charge in [-0.3, -0.25) is 0 Å². The van der Waals surface area contributed by atoms with Crippen LogP contribution in [0.2, 0.25) is 0 Å². The second-order valence-corrected chi connectivity index (χ2v) is 6.55. The molecule has 3 aromatic rings. The first-order chi connectivity index (χ1) is 12.7. The summed E-state index contributed by atoms with van der Waals surface area (Å²) < 4.78 is 14.7. The number of halogens is 1. The Morgan fingerprint density at radius 3 is 2.00 bits per heavy atom. The van der Waals surface area contributed by atoms with Gasteiger partial charge in [0, 0.05) is 5.56 Å². The van der Waals surface area contributed by atoms with Crippen molar-refractivity contribution in [3.05, 3.63) is 95.8 Å². The van der Waals surface area contributed by atoms with Crippen molar-refractivity contribution in [2.24, 2.45) is 0 Å². The minimum atomic E-state index is -0.177. The molecule has 3 aromatic carbocycles. The highest BCUT2D eigenvalue weighted by Gasteiger charge is 2.07. The van der Waals surface area contributed by atoms with Crippen molar-refractivity contribution in [2.75, 3.05) is 0 Å². The minimum absolute atomic E-state index is 0.177. The molecule has 132 valence electrons. The van der Waals surface area contributed by atoms with Crippen LogP contribution >= 0.6 is 0 Å². The van der Waals surface area contributed by atoms with Crippen molar-refractivity contribution in [3.8, 4) is 22.3 Å². The molecule has 0 fully saturated rings. The normalized spacial score (nSPS) is 11.2. The zero-order valence-electron chi connectivity index (χ0n) is 15.5. The van der Waals surface area contributed by atoms with E-state index < -0.39 is 0 Å². The molecule has 26 heavy (non-hydrogen) atoms. The second-order valence-electron chi connectivity index (χ2n) is 6.55. The van der Waals surface area contributed by atoms with Gasteiger partial charge in [-0.05, 0) is 60.1 Å². The molecular weight excluding hydrogens is 319 g/mol. The summed E-state index contributed by atoms with van der Waals surface area (Å²) in [5.74, 6) is -0.177. The summed E-state index contributed by atoms with van der Waals surface area (Å²) in [6.07, 6.45) is 7.33. The summed E-state index contributed by atoms with van der Waals surface area (Å²) in [6.45, 7) is 4.16. The number of benzene rings is 3. The summed E-state index contributed by atoms with van der Waals surface area (Å²) in [7, 11) is 0. The first-order valence-electron chi connectivity index (χ1n) is 9.30. The Morgan fingerprint density at radius 2 is 1.38 bits per heavy atom. The van der Waals surface area contributed by atoms with Crippen LogP contribution in [0.15, 0.2) is 78.9 Å². The first-order valence-corrected chi connectivity index (χ1v) is 9.30.